The van der Waals surface area contributed by atoms with Crippen molar-refractivity contribution in [1.29, 1.82) is 0 Å². The number of halogens is 1. The maximum absolute atomic E-state index is 6.02. The van der Waals surface area contributed by atoms with Gasteiger partial charge in [-0.3, -0.25) is 0 Å². The normalized spacial score (nSPS) is 10.8. The molecule has 2 heterocycles. The van der Waals surface area contributed by atoms with Crippen LogP contribution < -0.4 is 0 Å². The average molecular weight is 270 g/mol. The molecule has 0 radical (unpaired) electrons. The van der Waals surface area contributed by atoms with E-state index in [4.69, 9.17) is 16.0 Å². The largest absolute Gasteiger partial charge is 0.436 e. The van der Waals surface area contributed by atoms with E-state index in [0.29, 0.717) is 10.4 Å². The number of hydrogen-bond donors (Lipinski definition) is 0. The Labute approximate surface area is 109 Å². The van der Waals surface area contributed by atoms with Crippen LogP contribution in [0.15, 0.2) is 21.0 Å². The minimum atomic E-state index is 0.491. The van der Waals surface area contributed by atoms with E-state index in [-0.39, 0.29) is 0 Å². The molecule has 0 spiro atoms. The Morgan fingerprint density at radius 1 is 1.35 bits per heavy atom. The number of aromatic nitrogens is 3. The summed E-state index contributed by atoms with van der Waals surface area (Å²) in [5, 5.41) is 1.88. The fraction of sp³-hybridized carbons (Fsp3) is 0.364. The SMILES string of the molecule is CCc1c(Cl)ncnc1Sc1nc(C)c(C)o1. The molecule has 2 rings (SSSR count). The molecular formula is C11H12ClN3OS. The molecule has 0 atom stereocenters. The van der Waals surface area contributed by atoms with Gasteiger partial charge in [0, 0.05) is 5.56 Å². The number of hydrogen-bond acceptors (Lipinski definition) is 5. The molecular weight excluding hydrogens is 258 g/mol. The van der Waals surface area contributed by atoms with Crippen molar-refractivity contribution in [2.75, 3.05) is 0 Å². The minimum Gasteiger partial charge on any atom is -0.436 e. The van der Waals surface area contributed by atoms with Crippen LogP contribution in [-0.2, 0) is 6.42 Å². The fourth-order valence-electron chi connectivity index (χ4n) is 1.33. The predicted molar refractivity (Wildman–Crippen MR) is 66.5 cm³/mol. The van der Waals surface area contributed by atoms with Gasteiger partial charge in [-0.05, 0) is 32.0 Å². The second-order valence-corrected chi connectivity index (χ2v) is 4.82. The van der Waals surface area contributed by atoms with Gasteiger partial charge in [-0.1, -0.05) is 18.5 Å². The maximum atomic E-state index is 6.02. The molecule has 6 heteroatoms. The van der Waals surface area contributed by atoms with Crippen molar-refractivity contribution in [2.24, 2.45) is 0 Å². The number of oxazole rings is 1. The zero-order valence-corrected chi connectivity index (χ0v) is 11.4. The quantitative estimate of drug-likeness (QED) is 0.799. The fourth-order valence-corrected chi connectivity index (χ4v) is 2.63. The van der Waals surface area contributed by atoms with E-state index in [1.165, 1.54) is 18.1 Å². The van der Waals surface area contributed by atoms with E-state index < -0.39 is 0 Å². The molecule has 17 heavy (non-hydrogen) atoms. The van der Waals surface area contributed by atoms with Crippen LogP contribution in [0.4, 0.5) is 0 Å². The van der Waals surface area contributed by atoms with Crippen molar-refractivity contribution in [3.63, 3.8) is 0 Å². The molecule has 0 aromatic carbocycles. The lowest BCUT2D eigenvalue weighted by Gasteiger charge is -2.04. The van der Waals surface area contributed by atoms with Gasteiger partial charge in [0.05, 0.1) is 5.69 Å². The van der Waals surface area contributed by atoms with Gasteiger partial charge >= 0.3 is 0 Å². The number of nitrogens with zero attached hydrogens (tertiary/aromatic N) is 3. The van der Waals surface area contributed by atoms with Crippen LogP contribution in [-0.4, -0.2) is 15.0 Å². The van der Waals surface area contributed by atoms with Crippen LogP contribution in [0.2, 0.25) is 5.15 Å². The van der Waals surface area contributed by atoms with Crippen LogP contribution in [0.3, 0.4) is 0 Å². The van der Waals surface area contributed by atoms with Crippen LogP contribution in [0.1, 0.15) is 23.9 Å². The summed E-state index contributed by atoms with van der Waals surface area (Å²) in [5.41, 5.74) is 1.82. The van der Waals surface area contributed by atoms with Gasteiger partial charge in [-0.15, -0.1) is 0 Å². The molecule has 0 fully saturated rings. The highest BCUT2D eigenvalue weighted by Gasteiger charge is 2.13. The van der Waals surface area contributed by atoms with E-state index in [0.717, 1.165) is 28.5 Å². The molecule has 90 valence electrons. The zero-order chi connectivity index (χ0) is 12.4. The van der Waals surface area contributed by atoms with Crippen LogP contribution in [0, 0.1) is 13.8 Å². The molecule has 2 aromatic heterocycles. The summed E-state index contributed by atoms with van der Waals surface area (Å²) in [4.78, 5) is 12.5. The molecule has 2 aromatic rings. The molecule has 0 aliphatic rings. The first-order valence-electron chi connectivity index (χ1n) is 5.23. The van der Waals surface area contributed by atoms with E-state index in [1.54, 1.807) is 0 Å². The number of rotatable bonds is 3. The Kier molecular flexibility index (Phi) is 3.69. The van der Waals surface area contributed by atoms with Crippen LogP contribution in [0.5, 0.6) is 0 Å². The summed E-state index contributed by atoms with van der Waals surface area (Å²) < 4.78 is 5.51. The second-order valence-electron chi connectivity index (χ2n) is 3.53. The summed E-state index contributed by atoms with van der Waals surface area (Å²) in [6.07, 6.45) is 2.23. The lowest BCUT2D eigenvalue weighted by molar-refractivity contribution is 0.431. The maximum Gasteiger partial charge on any atom is 0.262 e. The third-order valence-corrected chi connectivity index (χ3v) is 3.62. The van der Waals surface area contributed by atoms with Gasteiger partial charge in [0.1, 0.15) is 22.3 Å². The smallest absolute Gasteiger partial charge is 0.262 e. The zero-order valence-electron chi connectivity index (χ0n) is 9.82. The van der Waals surface area contributed by atoms with Crippen molar-refractivity contribution in [3.05, 3.63) is 28.5 Å². The Bertz CT molecular complexity index is 522. The van der Waals surface area contributed by atoms with Crippen molar-refractivity contribution in [2.45, 2.75) is 37.4 Å². The van der Waals surface area contributed by atoms with Crippen LogP contribution >= 0.6 is 23.4 Å². The molecule has 0 aliphatic heterocycles. The topological polar surface area (TPSA) is 51.8 Å². The Morgan fingerprint density at radius 3 is 2.71 bits per heavy atom. The van der Waals surface area contributed by atoms with Crippen molar-refractivity contribution < 1.29 is 4.42 Å². The molecule has 0 aliphatic carbocycles. The highest BCUT2D eigenvalue weighted by atomic mass is 35.5. The first kappa shape index (κ1) is 12.4. The van der Waals surface area contributed by atoms with Crippen molar-refractivity contribution in [3.8, 4) is 0 Å². The monoisotopic (exact) mass is 269 g/mol. The van der Waals surface area contributed by atoms with Gasteiger partial charge in [-0.2, -0.15) is 0 Å². The summed E-state index contributed by atoms with van der Waals surface area (Å²) >= 11 is 7.39. The standard InChI is InChI=1S/C11H12ClN3OS/c1-4-8-9(12)13-5-14-10(8)17-11-15-6(2)7(3)16-11/h5H,4H2,1-3H3. The summed E-state index contributed by atoms with van der Waals surface area (Å²) in [6, 6.07) is 0. The predicted octanol–water partition coefficient (Wildman–Crippen LogP) is 3.45. The highest BCUT2D eigenvalue weighted by Crippen LogP contribution is 2.31. The van der Waals surface area contributed by atoms with E-state index >= 15 is 0 Å². The Hall–Kier alpha value is -1.07. The lowest BCUT2D eigenvalue weighted by atomic mass is 10.3. The lowest BCUT2D eigenvalue weighted by Crippen LogP contribution is -1.93. The average Bonchev–Trinajstić information content (AvgIpc) is 2.58. The first-order valence-corrected chi connectivity index (χ1v) is 6.42. The van der Waals surface area contributed by atoms with Crippen LogP contribution in [0.25, 0.3) is 0 Å². The van der Waals surface area contributed by atoms with E-state index in [1.807, 2.05) is 20.8 Å². The molecule has 0 amide bonds. The van der Waals surface area contributed by atoms with Gasteiger partial charge < -0.3 is 4.42 Å². The molecule has 0 bridgehead atoms. The summed E-state index contributed by atoms with van der Waals surface area (Å²) in [7, 11) is 0. The van der Waals surface area contributed by atoms with E-state index in [9.17, 15) is 0 Å². The van der Waals surface area contributed by atoms with Gasteiger partial charge in [-0.25, -0.2) is 15.0 Å². The van der Waals surface area contributed by atoms with Crippen molar-refractivity contribution >= 4 is 23.4 Å². The molecule has 0 saturated carbocycles. The highest BCUT2D eigenvalue weighted by molar-refractivity contribution is 7.99. The third-order valence-electron chi connectivity index (χ3n) is 2.40. The van der Waals surface area contributed by atoms with Crippen molar-refractivity contribution in [1.82, 2.24) is 15.0 Å². The Balaban J connectivity index is 2.32. The molecule has 0 unspecified atom stereocenters. The minimum absolute atomic E-state index is 0.491. The van der Waals surface area contributed by atoms with Gasteiger partial charge in [0.15, 0.2) is 0 Å². The van der Waals surface area contributed by atoms with E-state index in [2.05, 4.69) is 15.0 Å². The molecule has 0 N–H and O–H groups in total. The second kappa shape index (κ2) is 5.06. The third kappa shape index (κ3) is 2.61. The number of aryl methyl sites for hydroxylation is 2. The first-order chi connectivity index (χ1) is 8.11. The summed E-state index contributed by atoms with van der Waals surface area (Å²) in [5.74, 6) is 0.825. The van der Waals surface area contributed by atoms with Gasteiger partial charge in [0.25, 0.3) is 5.22 Å². The Morgan fingerprint density at radius 2 is 2.12 bits per heavy atom. The van der Waals surface area contributed by atoms with Gasteiger partial charge in [0.2, 0.25) is 0 Å². The molecule has 4 nitrogen and oxygen atoms in total. The molecule has 0 saturated heterocycles. The summed E-state index contributed by atoms with van der Waals surface area (Å²) in [6.45, 7) is 5.82.